The van der Waals surface area contributed by atoms with Crippen LogP contribution in [0.5, 0.6) is 0 Å². The SMILES string of the molecule is O.O=P([O-])([O-])[O-].O=P([O-])([O-])[O-].[F][Al+2].[F][Al+2].[F][Al+2]. The molecule has 0 aliphatic carbocycles. The molecule has 17 heteroatoms. The molecule has 0 aromatic heterocycles. The molecule has 0 spiro atoms. The summed E-state index contributed by atoms with van der Waals surface area (Å²) in [6.45, 7) is 0. The molecule has 0 radical (unpaired) electrons. The van der Waals surface area contributed by atoms with E-state index < -0.39 is 15.6 Å². The van der Waals surface area contributed by atoms with E-state index in [4.69, 9.17) is 38.5 Å². The summed E-state index contributed by atoms with van der Waals surface area (Å²) in [6, 6.07) is 0. The third-order valence-corrected chi connectivity index (χ3v) is 0. The van der Waals surface area contributed by atoms with Gasteiger partial charge in [0.15, 0.2) is 0 Å². The minimum atomic E-state index is -5.39. The van der Waals surface area contributed by atoms with Crippen molar-refractivity contribution in [3.05, 3.63) is 0 Å². The van der Waals surface area contributed by atoms with E-state index in [0.717, 1.165) is 50.2 Å². The van der Waals surface area contributed by atoms with Crippen LogP contribution in [-0.4, -0.2) is 55.7 Å². The molecule has 0 aromatic rings. The van der Waals surface area contributed by atoms with Gasteiger partial charge < -0.3 is 44.0 Å². The van der Waals surface area contributed by atoms with Crippen LogP contribution in [0.3, 0.4) is 0 Å². The van der Waals surface area contributed by atoms with Crippen molar-refractivity contribution >= 4 is 65.9 Å². The third-order valence-electron chi connectivity index (χ3n) is 0. The average molecular weight is 346 g/mol. The van der Waals surface area contributed by atoms with Crippen molar-refractivity contribution in [1.29, 1.82) is 0 Å². The zero-order valence-electron chi connectivity index (χ0n) is 7.53. The molecule has 0 bridgehead atoms. The molecule has 17 heavy (non-hydrogen) atoms. The van der Waals surface area contributed by atoms with E-state index in [1.54, 1.807) is 0 Å². The van der Waals surface area contributed by atoms with Crippen molar-refractivity contribution < 1.29 is 54.5 Å². The van der Waals surface area contributed by atoms with Crippen molar-refractivity contribution in [3.63, 3.8) is 0 Å². The molecule has 0 aromatic carbocycles. The van der Waals surface area contributed by atoms with Crippen molar-refractivity contribution in [1.82, 2.24) is 0 Å². The fourth-order valence-electron chi connectivity index (χ4n) is 0. The van der Waals surface area contributed by atoms with Gasteiger partial charge in [0.1, 0.15) is 0 Å². The Morgan fingerprint density at radius 2 is 0.588 bits per heavy atom. The Kier molecular flexibility index (Phi) is 55.9. The van der Waals surface area contributed by atoms with E-state index >= 15 is 0 Å². The van der Waals surface area contributed by atoms with Gasteiger partial charge in [0.05, 0.1) is 0 Å². The predicted octanol–water partition coefficient (Wildman–Crippen LogP) is -6.36. The van der Waals surface area contributed by atoms with Crippen LogP contribution in [0, 0.1) is 0 Å². The minimum absolute atomic E-state index is 0. The first-order chi connectivity index (χ1) is 7.00. The molecule has 0 fully saturated rings. The normalized spacial score (nSPS) is 8.18. The van der Waals surface area contributed by atoms with Gasteiger partial charge in [0, 0.05) is 0 Å². The van der Waals surface area contributed by atoms with E-state index in [1.807, 2.05) is 0 Å². The summed E-state index contributed by atoms with van der Waals surface area (Å²) in [5.41, 5.74) is 0. The van der Waals surface area contributed by atoms with Crippen molar-refractivity contribution in [2.75, 3.05) is 0 Å². The second-order valence-corrected chi connectivity index (χ2v) is 2.68. The molecule has 0 heterocycles. The summed E-state index contributed by atoms with van der Waals surface area (Å²) in [5, 5.41) is 0. The maximum absolute atomic E-state index is 9.42. The zero-order valence-corrected chi connectivity index (χ0v) is 12.8. The summed E-state index contributed by atoms with van der Waals surface area (Å²) in [5.74, 6) is 0. The van der Waals surface area contributed by atoms with Crippen LogP contribution < -0.4 is 29.4 Å². The monoisotopic (exact) mass is 346 g/mol. The summed E-state index contributed by atoms with van der Waals surface area (Å²) in [4.78, 5) is 51.3. The van der Waals surface area contributed by atoms with Crippen molar-refractivity contribution in [2.24, 2.45) is 0 Å². The quantitative estimate of drug-likeness (QED) is 0.304. The van der Waals surface area contributed by atoms with Crippen LogP contribution in [0.25, 0.3) is 0 Å². The fourth-order valence-corrected chi connectivity index (χ4v) is 0. The second-order valence-electron chi connectivity index (χ2n) is 0.894. The Morgan fingerprint density at radius 1 is 0.588 bits per heavy atom. The van der Waals surface area contributed by atoms with Crippen LogP contribution in [0.15, 0.2) is 0 Å². The predicted molar refractivity (Wildman–Crippen MR) is 39.4 cm³/mol. The van der Waals surface area contributed by atoms with Gasteiger partial charge in [-0.3, -0.25) is 0 Å². The first-order valence-corrected chi connectivity index (χ1v) is 6.35. The summed E-state index contributed by atoms with van der Waals surface area (Å²) in [7, 11) is -10.8. The summed E-state index contributed by atoms with van der Waals surface area (Å²) >= 11 is 2.75. The van der Waals surface area contributed by atoms with E-state index in [-0.39, 0.29) is 5.48 Å². The number of halogens is 3. The topological polar surface area (TPSA) is 204 Å². The second kappa shape index (κ2) is 26.2. The first-order valence-electron chi connectivity index (χ1n) is 2.12. The van der Waals surface area contributed by atoms with E-state index in [9.17, 15) is 10.6 Å². The molecule has 0 aliphatic rings. The van der Waals surface area contributed by atoms with Gasteiger partial charge in [0.2, 0.25) is 0 Å². The molecule has 0 atom stereocenters. The number of phosphoric acid groups is 2. The molecule has 0 unspecified atom stereocenters. The van der Waals surface area contributed by atoms with E-state index in [0.29, 0.717) is 0 Å². The number of hydrogen-bond acceptors (Lipinski definition) is 8. The van der Waals surface area contributed by atoms with Gasteiger partial charge in [-0.2, -0.15) is 15.6 Å². The molecule has 0 amide bonds. The van der Waals surface area contributed by atoms with Crippen LogP contribution >= 0.6 is 15.6 Å². The molecule has 0 aliphatic heterocycles. The van der Waals surface area contributed by atoms with Crippen LogP contribution in [0.4, 0.5) is 10.6 Å². The Bertz CT molecular complexity index is 142. The average Bonchev–Trinajstić information content (AvgIpc) is 2.08. The van der Waals surface area contributed by atoms with Crippen LogP contribution in [0.2, 0.25) is 0 Å². The van der Waals surface area contributed by atoms with Gasteiger partial charge >= 0.3 is 60.8 Å². The molecule has 0 rings (SSSR count). The van der Waals surface area contributed by atoms with Gasteiger partial charge in [-0.05, 0) is 0 Å². The van der Waals surface area contributed by atoms with Gasteiger partial charge in [-0.25, -0.2) is 0 Å². The van der Waals surface area contributed by atoms with Crippen LogP contribution in [-0.2, 0) is 9.13 Å². The van der Waals surface area contributed by atoms with Gasteiger partial charge in [-0.1, -0.05) is 0 Å². The molecule has 0 saturated heterocycles. The molecular formula is H2Al3F3O9P2. The standard InChI is InChI=1S/3Al.3FH.2H3O4P.H2O/c;;;;;;2*1-5(2,3)4;/h;;;3*1H;2*(H3,1,2,3,4);1H2/q3*+3;;;;;;/p-9. The van der Waals surface area contributed by atoms with Crippen molar-refractivity contribution in [2.45, 2.75) is 0 Å². The number of rotatable bonds is 0. The van der Waals surface area contributed by atoms with E-state index in [1.165, 1.54) is 0 Å². The first kappa shape index (κ1) is 36.3. The maximum atomic E-state index is 9.42. The van der Waals surface area contributed by atoms with Gasteiger partial charge in [0.25, 0.3) is 0 Å². The van der Waals surface area contributed by atoms with Crippen molar-refractivity contribution in [3.8, 4) is 0 Å². The number of hydrogen-bond donors (Lipinski definition) is 0. The van der Waals surface area contributed by atoms with E-state index in [2.05, 4.69) is 0 Å². The zero-order chi connectivity index (χ0) is 15.0. The molecule has 2 N–H and O–H groups in total. The molecule has 96 valence electrons. The Hall–Kier alpha value is 1.57. The Morgan fingerprint density at radius 3 is 0.588 bits per heavy atom. The fraction of sp³-hybridized carbons (Fsp3) is 0. The van der Waals surface area contributed by atoms with Crippen LogP contribution in [0.1, 0.15) is 0 Å². The molecule has 9 nitrogen and oxygen atoms in total. The Balaban J connectivity index is -0.0000000238. The summed E-state index contributed by atoms with van der Waals surface area (Å²) in [6.07, 6.45) is 0. The molecular weight excluding hydrogens is 344 g/mol. The third kappa shape index (κ3) is 1730. The summed E-state index contributed by atoms with van der Waals surface area (Å²) < 4.78 is 45.3. The Labute approximate surface area is 120 Å². The molecule has 0 saturated carbocycles. The van der Waals surface area contributed by atoms with Gasteiger partial charge in [-0.15, -0.1) is 0 Å².